The van der Waals surface area contributed by atoms with Gasteiger partial charge in [0, 0.05) is 20.7 Å². The Kier molecular flexibility index (Phi) is 7.39. The molecule has 15 heavy (non-hydrogen) atoms. The van der Waals surface area contributed by atoms with Crippen LogP contribution in [0.4, 0.5) is 0 Å². The van der Waals surface area contributed by atoms with Gasteiger partial charge in [-0.3, -0.25) is 4.79 Å². The molecule has 0 N–H and O–H groups in total. The fraction of sp³-hybridized carbons (Fsp3) is 0.917. The highest BCUT2D eigenvalue weighted by atomic mass is 16.5. The summed E-state index contributed by atoms with van der Waals surface area (Å²) in [6, 6.07) is 0. The minimum absolute atomic E-state index is 0.0821. The van der Waals surface area contributed by atoms with Crippen molar-refractivity contribution in [3.8, 4) is 0 Å². The van der Waals surface area contributed by atoms with Crippen LogP contribution in [0.25, 0.3) is 0 Å². The molecule has 90 valence electrons. The Hall–Kier alpha value is -0.570. The lowest BCUT2D eigenvalue weighted by Gasteiger charge is -2.18. The largest absolute Gasteiger partial charge is 0.378 e. The molecule has 0 aliphatic rings. The van der Waals surface area contributed by atoms with Crippen molar-refractivity contribution in [2.75, 3.05) is 20.7 Å². The molecule has 0 rings (SSSR count). The van der Waals surface area contributed by atoms with Gasteiger partial charge >= 0.3 is 0 Å². The molecule has 0 fully saturated rings. The molecule has 0 heterocycles. The lowest BCUT2D eigenvalue weighted by atomic mass is 10.1. The van der Waals surface area contributed by atoms with E-state index in [9.17, 15) is 4.79 Å². The predicted molar refractivity (Wildman–Crippen MR) is 62.8 cm³/mol. The topological polar surface area (TPSA) is 29.5 Å². The molecule has 0 aromatic carbocycles. The van der Waals surface area contributed by atoms with Crippen molar-refractivity contribution in [1.29, 1.82) is 0 Å². The Balaban J connectivity index is 3.78. The van der Waals surface area contributed by atoms with Gasteiger partial charge in [0.05, 0.1) is 12.5 Å². The maximum atomic E-state index is 11.5. The average Bonchev–Trinajstić information content (AvgIpc) is 2.15. The zero-order chi connectivity index (χ0) is 11.8. The smallest absolute Gasteiger partial charge is 0.224 e. The lowest BCUT2D eigenvalue weighted by molar-refractivity contribution is -0.131. The van der Waals surface area contributed by atoms with E-state index < -0.39 is 0 Å². The van der Waals surface area contributed by atoms with E-state index in [1.54, 1.807) is 19.0 Å². The first-order chi connectivity index (χ1) is 6.97. The van der Waals surface area contributed by atoms with Crippen molar-refractivity contribution < 1.29 is 9.53 Å². The van der Waals surface area contributed by atoms with Crippen LogP contribution in [0.3, 0.4) is 0 Å². The fourth-order valence-corrected chi connectivity index (χ4v) is 1.17. The number of amides is 1. The van der Waals surface area contributed by atoms with Crippen LogP contribution in [0.5, 0.6) is 0 Å². The van der Waals surface area contributed by atoms with E-state index in [0.717, 1.165) is 19.4 Å². The summed E-state index contributed by atoms with van der Waals surface area (Å²) in [4.78, 5) is 13.1. The van der Waals surface area contributed by atoms with Crippen LogP contribution in [0.15, 0.2) is 0 Å². The maximum Gasteiger partial charge on any atom is 0.224 e. The Morgan fingerprint density at radius 3 is 2.33 bits per heavy atom. The van der Waals surface area contributed by atoms with Crippen molar-refractivity contribution >= 4 is 5.91 Å². The molecule has 0 aromatic heterocycles. The fourth-order valence-electron chi connectivity index (χ4n) is 1.17. The van der Waals surface area contributed by atoms with Gasteiger partial charge < -0.3 is 9.64 Å². The third kappa shape index (κ3) is 7.37. The van der Waals surface area contributed by atoms with Crippen LogP contribution in [0.1, 0.15) is 40.0 Å². The van der Waals surface area contributed by atoms with Crippen molar-refractivity contribution in [2.45, 2.75) is 46.1 Å². The van der Waals surface area contributed by atoms with E-state index >= 15 is 0 Å². The van der Waals surface area contributed by atoms with Gasteiger partial charge in [0.15, 0.2) is 0 Å². The maximum absolute atomic E-state index is 11.5. The predicted octanol–water partition coefficient (Wildman–Crippen LogP) is 2.31. The van der Waals surface area contributed by atoms with Gasteiger partial charge in [-0.05, 0) is 18.8 Å². The highest BCUT2D eigenvalue weighted by molar-refractivity contribution is 5.76. The van der Waals surface area contributed by atoms with Crippen molar-refractivity contribution in [1.82, 2.24) is 4.90 Å². The lowest BCUT2D eigenvalue weighted by Crippen LogP contribution is -2.27. The summed E-state index contributed by atoms with van der Waals surface area (Å²) >= 11 is 0. The number of carbonyl (C=O) groups is 1. The summed E-state index contributed by atoms with van der Waals surface area (Å²) in [6.45, 7) is 7.17. The van der Waals surface area contributed by atoms with Gasteiger partial charge in [-0.1, -0.05) is 20.8 Å². The third-order valence-corrected chi connectivity index (χ3v) is 2.41. The number of rotatable bonds is 7. The monoisotopic (exact) mass is 215 g/mol. The number of nitrogens with zero attached hydrogens (tertiary/aromatic N) is 1. The van der Waals surface area contributed by atoms with Crippen molar-refractivity contribution in [3.05, 3.63) is 0 Å². The Morgan fingerprint density at radius 2 is 1.93 bits per heavy atom. The van der Waals surface area contributed by atoms with Crippen LogP contribution in [-0.4, -0.2) is 37.6 Å². The van der Waals surface area contributed by atoms with Crippen LogP contribution < -0.4 is 0 Å². The second kappa shape index (κ2) is 7.69. The molecule has 1 amide bonds. The first-order valence-electron chi connectivity index (χ1n) is 5.79. The van der Waals surface area contributed by atoms with E-state index in [1.165, 1.54) is 0 Å². The highest BCUT2D eigenvalue weighted by Crippen LogP contribution is 2.08. The molecule has 0 bridgehead atoms. The Morgan fingerprint density at radius 1 is 1.33 bits per heavy atom. The summed E-state index contributed by atoms with van der Waals surface area (Å²) in [6.07, 6.45) is 2.55. The number of hydrogen-bond donors (Lipinski definition) is 0. The van der Waals surface area contributed by atoms with Crippen LogP contribution in [0, 0.1) is 5.92 Å². The molecule has 0 saturated heterocycles. The summed E-state index contributed by atoms with van der Waals surface area (Å²) in [7, 11) is 3.56. The zero-order valence-corrected chi connectivity index (χ0v) is 10.7. The minimum atomic E-state index is 0.0821. The molecule has 0 aromatic rings. The first kappa shape index (κ1) is 14.4. The van der Waals surface area contributed by atoms with E-state index in [1.807, 2.05) is 0 Å². The second-order valence-corrected chi connectivity index (χ2v) is 4.58. The van der Waals surface area contributed by atoms with Gasteiger partial charge in [0.2, 0.25) is 5.91 Å². The third-order valence-electron chi connectivity index (χ3n) is 2.41. The minimum Gasteiger partial charge on any atom is -0.378 e. The number of carbonyl (C=O) groups excluding carboxylic acids is 1. The standard InChI is InChI=1S/C12H25NO2/c1-6-11(9-12(14)13(4)5)15-8-7-10(2)3/h10-11H,6-9H2,1-5H3. The quantitative estimate of drug-likeness (QED) is 0.652. The molecule has 1 atom stereocenters. The molecular weight excluding hydrogens is 190 g/mol. The summed E-state index contributed by atoms with van der Waals surface area (Å²) in [5.74, 6) is 0.804. The number of ether oxygens (including phenoxy) is 1. The highest BCUT2D eigenvalue weighted by Gasteiger charge is 2.13. The molecular formula is C12H25NO2. The van der Waals surface area contributed by atoms with Gasteiger partial charge in [-0.25, -0.2) is 0 Å². The van der Waals surface area contributed by atoms with Crippen molar-refractivity contribution in [2.24, 2.45) is 5.92 Å². The molecule has 3 heteroatoms. The normalized spacial score (nSPS) is 12.9. The summed E-state index contributed by atoms with van der Waals surface area (Å²) in [5.41, 5.74) is 0. The molecule has 0 radical (unpaired) electrons. The molecule has 0 spiro atoms. The second-order valence-electron chi connectivity index (χ2n) is 4.58. The number of hydrogen-bond acceptors (Lipinski definition) is 2. The summed E-state index contributed by atoms with van der Waals surface area (Å²) < 4.78 is 5.68. The van der Waals surface area contributed by atoms with E-state index in [0.29, 0.717) is 12.3 Å². The average molecular weight is 215 g/mol. The Labute approximate surface area is 93.8 Å². The first-order valence-corrected chi connectivity index (χ1v) is 5.79. The van der Waals surface area contributed by atoms with E-state index in [4.69, 9.17) is 4.74 Å². The molecule has 0 aliphatic carbocycles. The van der Waals surface area contributed by atoms with E-state index in [-0.39, 0.29) is 12.0 Å². The molecule has 0 saturated carbocycles. The van der Waals surface area contributed by atoms with Gasteiger partial charge in [0.25, 0.3) is 0 Å². The van der Waals surface area contributed by atoms with Gasteiger partial charge in [0.1, 0.15) is 0 Å². The van der Waals surface area contributed by atoms with Gasteiger partial charge in [-0.15, -0.1) is 0 Å². The Bertz CT molecular complexity index is 178. The van der Waals surface area contributed by atoms with E-state index in [2.05, 4.69) is 20.8 Å². The molecule has 3 nitrogen and oxygen atoms in total. The summed E-state index contributed by atoms with van der Waals surface area (Å²) in [5, 5.41) is 0. The molecule has 0 aliphatic heterocycles. The zero-order valence-electron chi connectivity index (χ0n) is 10.7. The van der Waals surface area contributed by atoms with Crippen LogP contribution in [0.2, 0.25) is 0 Å². The molecule has 1 unspecified atom stereocenters. The van der Waals surface area contributed by atoms with Crippen LogP contribution in [-0.2, 0) is 9.53 Å². The van der Waals surface area contributed by atoms with Crippen molar-refractivity contribution in [3.63, 3.8) is 0 Å². The SMILES string of the molecule is CCC(CC(=O)N(C)C)OCCC(C)C. The van der Waals surface area contributed by atoms with Crippen LogP contribution >= 0.6 is 0 Å². The van der Waals surface area contributed by atoms with Gasteiger partial charge in [-0.2, -0.15) is 0 Å².